The molecule has 0 heterocycles. The van der Waals surface area contributed by atoms with Gasteiger partial charge in [0.25, 0.3) is 0 Å². The summed E-state index contributed by atoms with van der Waals surface area (Å²) < 4.78 is 5.95. The molecule has 0 aliphatic rings. The number of carbonyl (C=O) groups is 1. The first-order chi connectivity index (χ1) is 11.6. The number of hydrogen-bond acceptors (Lipinski definition) is 2. The van der Waals surface area contributed by atoms with E-state index in [9.17, 15) is 9.90 Å². The van der Waals surface area contributed by atoms with Gasteiger partial charge in [-0.2, -0.15) is 0 Å². The number of carboxylic acid groups (broad SMARTS) is 1. The van der Waals surface area contributed by atoms with Crippen LogP contribution in [0.25, 0.3) is 11.1 Å². The molecule has 3 nitrogen and oxygen atoms in total. The first kappa shape index (κ1) is 15.8. The Morgan fingerprint density at radius 2 is 1.62 bits per heavy atom. The maximum Gasteiger partial charge on any atom is 0.336 e. The van der Waals surface area contributed by atoms with Crippen molar-refractivity contribution in [2.24, 2.45) is 0 Å². The molecular weight excluding hydrogens is 300 g/mol. The van der Waals surface area contributed by atoms with E-state index < -0.39 is 5.97 Å². The van der Waals surface area contributed by atoms with Gasteiger partial charge >= 0.3 is 5.97 Å². The van der Waals surface area contributed by atoms with Gasteiger partial charge in [0.15, 0.2) is 0 Å². The predicted octanol–water partition coefficient (Wildman–Crippen LogP) is 4.94. The van der Waals surface area contributed by atoms with Crippen molar-refractivity contribution in [3.63, 3.8) is 0 Å². The molecule has 120 valence electrons. The number of para-hydroxylation sites is 1. The monoisotopic (exact) mass is 318 g/mol. The largest absolute Gasteiger partial charge is 0.488 e. The molecule has 0 aromatic heterocycles. The van der Waals surface area contributed by atoms with Gasteiger partial charge in [-0.05, 0) is 30.2 Å². The Bertz CT molecular complexity index is 854. The minimum Gasteiger partial charge on any atom is -0.488 e. The number of aromatic carboxylic acids is 1. The average Bonchev–Trinajstić information content (AvgIpc) is 2.61. The number of aryl methyl sites for hydroxylation is 1. The summed E-state index contributed by atoms with van der Waals surface area (Å²) in [5.41, 5.74) is 3.71. The molecule has 3 aromatic carbocycles. The van der Waals surface area contributed by atoms with E-state index in [1.54, 1.807) is 6.07 Å². The van der Waals surface area contributed by atoms with Crippen LogP contribution in [0, 0.1) is 6.92 Å². The fraction of sp³-hybridized carbons (Fsp3) is 0.0952. The van der Waals surface area contributed by atoms with Crippen LogP contribution >= 0.6 is 0 Å². The zero-order valence-corrected chi connectivity index (χ0v) is 13.4. The molecule has 3 rings (SSSR count). The molecule has 0 fully saturated rings. The summed E-state index contributed by atoms with van der Waals surface area (Å²) in [6.45, 7) is 2.32. The van der Waals surface area contributed by atoms with Gasteiger partial charge < -0.3 is 9.84 Å². The Kier molecular flexibility index (Phi) is 4.62. The number of carboxylic acids is 1. The fourth-order valence-electron chi connectivity index (χ4n) is 2.62. The molecule has 24 heavy (non-hydrogen) atoms. The second-order valence-electron chi connectivity index (χ2n) is 5.62. The minimum absolute atomic E-state index is 0.283. The van der Waals surface area contributed by atoms with Crippen LogP contribution in [0.4, 0.5) is 0 Å². The van der Waals surface area contributed by atoms with Crippen molar-refractivity contribution in [1.29, 1.82) is 0 Å². The molecule has 0 bridgehead atoms. The number of benzene rings is 3. The summed E-state index contributed by atoms with van der Waals surface area (Å²) in [5.74, 6) is -0.265. The van der Waals surface area contributed by atoms with Gasteiger partial charge in [-0.1, -0.05) is 66.2 Å². The van der Waals surface area contributed by atoms with Crippen molar-refractivity contribution < 1.29 is 14.6 Å². The molecule has 0 unspecified atom stereocenters. The average molecular weight is 318 g/mol. The van der Waals surface area contributed by atoms with Crippen molar-refractivity contribution in [2.45, 2.75) is 13.5 Å². The molecule has 3 heteroatoms. The molecule has 0 atom stereocenters. The maximum atomic E-state index is 11.6. The molecule has 0 amide bonds. The smallest absolute Gasteiger partial charge is 0.336 e. The van der Waals surface area contributed by atoms with Gasteiger partial charge in [0.1, 0.15) is 12.4 Å². The SMILES string of the molecule is Cc1ccc(-c2ccccc2OCc2ccccc2)c(C(=O)O)c1. The highest BCUT2D eigenvalue weighted by Crippen LogP contribution is 2.33. The van der Waals surface area contributed by atoms with Crippen molar-refractivity contribution >= 4 is 5.97 Å². The predicted molar refractivity (Wildman–Crippen MR) is 94.3 cm³/mol. The minimum atomic E-state index is -0.938. The van der Waals surface area contributed by atoms with Crippen molar-refractivity contribution in [3.05, 3.63) is 89.5 Å². The molecule has 0 aliphatic carbocycles. The van der Waals surface area contributed by atoms with Gasteiger partial charge in [-0.3, -0.25) is 0 Å². The first-order valence-electron chi connectivity index (χ1n) is 7.75. The van der Waals surface area contributed by atoms with E-state index in [1.165, 1.54) is 0 Å². The second kappa shape index (κ2) is 7.01. The Balaban J connectivity index is 1.97. The van der Waals surface area contributed by atoms with Gasteiger partial charge in [0, 0.05) is 5.56 Å². The van der Waals surface area contributed by atoms with Crippen LogP contribution in [0.3, 0.4) is 0 Å². The van der Waals surface area contributed by atoms with Crippen LogP contribution in [0.5, 0.6) is 5.75 Å². The highest BCUT2D eigenvalue weighted by molar-refractivity contribution is 5.97. The third-order valence-electron chi connectivity index (χ3n) is 3.82. The molecular formula is C21H18O3. The van der Waals surface area contributed by atoms with Crippen LogP contribution in [0.2, 0.25) is 0 Å². The molecule has 3 aromatic rings. The fourth-order valence-corrected chi connectivity index (χ4v) is 2.62. The quantitative estimate of drug-likeness (QED) is 0.725. The van der Waals surface area contributed by atoms with E-state index in [-0.39, 0.29) is 5.56 Å². The number of ether oxygens (including phenoxy) is 1. The normalized spacial score (nSPS) is 10.4. The Morgan fingerprint density at radius 3 is 2.38 bits per heavy atom. The van der Waals surface area contributed by atoms with Gasteiger partial charge in [-0.15, -0.1) is 0 Å². The molecule has 1 N–H and O–H groups in total. The lowest BCUT2D eigenvalue weighted by Crippen LogP contribution is -2.02. The number of rotatable bonds is 5. The van der Waals surface area contributed by atoms with Crippen molar-refractivity contribution in [3.8, 4) is 16.9 Å². The molecule has 0 saturated heterocycles. The summed E-state index contributed by atoms with van der Waals surface area (Å²) >= 11 is 0. The van der Waals surface area contributed by atoms with Crippen LogP contribution in [0.15, 0.2) is 72.8 Å². The lowest BCUT2D eigenvalue weighted by Gasteiger charge is -2.14. The third-order valence-corrected chi connectivity index (χ3v) is 3.82. The lowest BCUT2D eigenvalue weighted by atomic mass is 9.97. The van der Waals surface area contributed by atoms with E-state index in [4.69, 9.17) is 4.74 Å². The summed E-state index contributed by atoms with van der Waals surface area (Å²) in [7, 11) is 0. The zero-order valence-electron chi connectivity index (χ0n) is 13.4. The molecule has 0 aliphatic heterocycles. The van der Waals surface area contributed by atoms with E-state index in [0.29, 0.717) is 17.9 Å². The Morgan fingerprint density at radius 1 is 0.917 bits per heavy atom. The summed E-state index contributed by atoms with van der Waals surface area (Å²) in [6, 6.07) is 22.8. The second-order valence-corrected chi connectivity index (χ2v) is 5.62. The first-order valence-corrected chi connectivity index (χ1v) is 7.75. The van der Waals surface area contributed by atoms with Gasteiger partial charge in [0.05, 0.1) is 5.56 Å². The van der Waals surface area contributed by atoms with Crippen LogP contribution in [0.1, 0.15) is 21.5 Å². The van der Waals surface area contributed by atoms with E-state index in [0.717, 1.165) is 16.7 Å². The van der Waals surface area contributed by atoms with E-state index >= 15 is 0 Å². The maximum absolute atomic E-state index is 11.6. The topological polar surface area (TPSA) is 46.5 Å². The van der Waals surface area contributed by atoms with Crippen LogP contribution in [-0.2, 0) is 6.61 Å². The standard InChI is InChI=1S/C21H18O3/c1-15-11-12-17(19(13-15)21(22)23)18-9-5-6-10-20(18)24-14-16-7-3-2-4-8-16/h2-13H,14H2,1H3,(H,22,23). The highest BCUT2D eigenvalue weighted by Gasteiger charge is 2.15. The molecule has 0 spiro atoms. The van der Waals surface area contributed by atoms with Crippen molar-refractivity contribution in [2.75, 3.05) is 0 Å². The molecule has 0 saturated carbocycles. The number of hydrogen-bond donors (Lipinski definition) is 1. The van der Waals surface area contributed by atoms with Gasteiger partial charge in [0.2, 0.25) is 0 Å². The molecule has 0 radical (unpaired) electrons. The van der Waals surface area contributed by atoms with Gasteiger partial charge in [-0.25, -0.2) is 4.79 Å². The van der Waals surface area contributed by atoms with E-state index in [2.05, 4.69) is 0 Å². The summed E-state index contributed by atoms with van der Waals surface area (Å²) in [6.07, 6.45) is 0. The Hall–Kier alpha value is -3.07. The van der Waals surface area contributed by atoms with E-state index in [1.807, 2.05) is 73.7 Å². The van der Waals surface area contributed by atoms with Crippen LogP contribution < -0.4 is 4.74 Å². The zero-order chi connectivity index (χ0) is 16.9. The third kappa shape index (κ3) is 3.46. The highest BCUT2D eigenvalue weighted by atomic mass is 16.5. The van der Waals surface area contributed by atoms with Crippen molar-refractivity contribution in [1.82, 2.24) is 0 Å². The Labute approximate surface area is 141 Å². The summed E-state index contributed by atoms with van der Waals surface area (Å²) in [4.78, 5) is 11.6. The lowest BCUT2D eigenvalue weighted by molar-refractivity contribution is 0.0697. The van der Waals surface area contributed by atoms with Crippen LogP contribution in [-0.4, -0.2) is 11.1 Å². The summed E-state index contributed by atoms with van der Waals surface area (Å²) in [5, 5.41) is 9.51.